The molecule has 0 bridgehead atoms. The molecule has 7 heteroatoms. The number of hydrogen-bond donors (Lipinski definition) is 3. The summed E-state index contributed by atoms with van der Waals surface area (Å²) in [5, 5.41) is 2.86. The Balaban J connectivity index is 2.03. The van der Waals surface area contributed by atoms with Crippen molar-refractivity contribution in [1.29, 1.82) is 0 Å². The summed E-state index contributed by atoms with van der Waals surface area (Å²) in [7, 11) is -2.16. The lowest BCUT2D eigenvalue weighted by Crippen LogP contribution is -2.30. The van der Waals surface area contributed by atoms with Crippen molar-refractivity contribution in [3.63, 3.8) is 0 Å². The van der Waals surface area contributed by atoms with Gasteiger partial charge in [-0.15, -0.1) is 0 Å². The standard InChI is InChI=1S/C18H23N3O3S/c1-13(15-9-6-10-16(11-15)25(23,24)20-2)21-18(22)12-17(19)14-7-4-3-5-8-14/h3-11,13,17,20H,12,19H2,1-2H3,(H,21,22). The summed E-state index contributed by atoms with van der Waals surface area (Å²) in [5.41, 5.74) is 7.66. The van der Waals surface area contributed by atoms with Gasteiger partial charge in [0.1, 0.15) is 0 Å². The van der Waals surface area contributed by atoms with Gasteiger partial charge in [-0.3, -0.25) is 4.79 Å². The zero-order chi connectivity index (χ0) is 18.4. The van der Waals surface area contributed by atoms with Crippen LogP contribution >= 0.6 is 0 Å². The molecule has 0 fully saturated rings. The van der Waals surface area contributed by atoms with Gasteiger partial charge in [0, 0.05) is 12.5 Å². The molecule has 0 aliphatic carbocycles. The van der Waals surface area contributed by atoms with E-state index in [1.54, 1.807) is 25.1 Å². The molecule has 0 aliphatic heterocycles. The van der Waals surface area contributed by atoms with Crippen LogP contribution in [0.2, 0.25) is 0 Å². The van der Waals surface area contributed by atoms with Crippen LogP contribution in [0.1, 0.15) is 36.6 Å². The second-order valence-corrected chi connectivity index (χ2v) is 7.68. The quantitative estimate of drug-likeness (QED) is 0.700. The number of nitrogens with two attached hydrogens (primary N) is 1. The fraction of sp³-hybridized carbons (Fsp3) is 0.278. The van der Waals surface area contributed by atoms with Crippen LogP contribution < -0.4 is 15.8 Å². The highest BCUT2D eigenvalue weighted by molar-refractivity contribution is 7.89. The average molecular weight is 361 g/mol. The predicted molar refractivity (Wildman–Crippen MR) is 97.2 cm³/mol. The SMILES string of the molecule is CNS(=O)(=O)c1cccc(C(C)NC(=O)CC(N)c2ccccc2)c1. The fourth-order valence-corrected chi connectivity index (χ4v) is 3.26. The zero-order valence-corrected chi connectivity index (χ0v) is 15.1. The number of rotatable bonds is 7. The maximum atomic E-state index is 12.2. The van der Waals surface area contributed by atoms with Crippen molar-refractivity contribution in [3.05, 3.63) is 65.7 Å². The van der Waals surface area contributed by atoms with Crippen molar-refractivity contribution in [1.82, 2.24) is 10.0 Å². The zero-order valence-electron chi connectivity index (χ0n) is 14.3. The van der Waals surface area contributed by atoms with E-state index in [1.807, 2.05) is 30.3 Å². The lowest BCUT2D eigenvalue weighted by atomic mass is 10.0. The fourth-order valence-electron chi connectivity index (χ4n) is 2.47. The third-order valence-electron chi connectivity index (χ3n) is 3.95. The Kier molecular flexibility index (Phi) is 6.30. The molecular weight excluding hydrogens is 338 g/mol. The van der Waals surface area contributed by atoms with Gasteiger partial charge in [0.2, 0.25) is 15.9 Å². The van der Waals surface area contributed by atoms with Crippen LogP contribution in [0.4, 0.5) is 0 Å². The first-order valence-electron chi connectivity index (χ1n) is 7.97. The number of carbonyl (C=O) groups is 1. The van der Waals surface area contributed by atoms with Gasteiger partial charge in [0.15, 0.2) is 0 Å². The summed E-state index contributed by atoms with van der Waals surface area (Å²) in [6.07, 6.45) is 0.156. The second kappa shape index (κ2) is 8.24. The van der Waals surface area contributed by atoms with Crippen LogP contribution in [0.15, 0.2) is 59.5 Å². The first-order chi connectivity index (χ1) is 11.8. The van der Waals surface area contributed by atoms with Gasteiger partial charge in [-0.25, -0.2) is 13.1 Å². The summed E-state index contributed by atoms with van der Waals surface area (Å²) in [4.78, 5) is 12.4. The molecule has 6 nitrogen and oxygen atoms in total. The van der Waals surface area contributed by atoms with Crippen molar-refractivity contribution >= 4 is 15.9 Å². The number of nitrogens with one attached hydrogen (secondary N) is 2. The van der Waals surface area contributed by atoms with E-state index in [4.69, 9.17) is 5.73 Å². The summed E-state index contributed by atoms with van der Waals surface area (Å²) < 4.78 is 26.0. The normalized spacial score (nSPS) is 13.9. The summed E-state index contributed by atoms with van der Waals surface area (Å²) in [6, 6.07) is 15.2. The molecule has 2 aromatic carbocycles. The van der Waals surface area contributed by atoms with Gasteiger partial charge in [-0.2, -0.15) is 0 Å². The minimum absolute atomic E-state index is 0.156. The highest BCUT2D eigenvalue weighted by Gasteiger charge is 2.17. The molecule has 134 valence electrons. The Morgan fingerprint density at radius 1 is 1.08 bits per heavy atom. The maximum absolute atomic E-state index is 12.2. The Bertz CT molecular complexity index is 822. The van der Waals surface area contributed by atoms with Gasteiger partial charge in [0.25, 0.3) is 0 Å². The molecule has 2 unspecified atom stereocenters. The molecule has 25 heavy (non-hydrogen) atoms. The van der Waals surface area contributed by atoms with Crippen molar-refractivity contribution in [2.75, 3.05) is 7.05 Å². The van der Waals surface area contributed by atoms with Crippen molar-refractivity contribution in [2.24, 2.45) is 5.73 Å². The van der Waals surface area contributed by atoms with Crippen LogP contribution in [0.5, 0.6) is 0 Å². The predicted octanol–water partition coefficient (Wildman–Crippen LogP) is 1.86. The van der Waals surface area contributed by atoms with E-state index in [1.165, 1.54) is 13.1 Å². The number of carbonyl (C=O) groups excluding carboxylic acids is 1. The van der Waals surface area contributed by atoms with Gasteiger partial charge in [-0.05, 0) is 37.2 Å². The molecule has 0 aliphatic rings. The van der Waals surface area contributed by atoms with E-state index in [0.717, 1.165) is 5.56 Å². The van der Waals surface area contributed by atoms with Crippen LogP contribution in [-0.4, -0.2) is 21.4 Å². The molecule has 0 saturated heterocycles. The number of sulfonamides is 1. The second-order valence-electron chi connectivity index (χ2n) is 5.79. The molecule has 1 amide bonds. The van der Waals surface area contributed by atoms with Crippen LogP contribution in [0, 0.1) is 0 Å². The van der Waals surface area contributed by atoms with E-state index >= 15 is 0 Å². The largest absolute Gasteiger partial charge is 0.350 e. The smallest absolute Gasteiger partial charge is 0.240 e. The summed E-state index contributed by atoms with van der Waals surface area (Å²) in [5.74, 6) is -0.189. The van der Waals surface area contributed by atoms with Gasteiger partial charge in [0.05, 0.1) is 10.9 Å². The first-order valence-corrected chi connectivity index (χ1v) is 9.45. The molecule has 4 N–H and O–H groups in total. The Hall–Kier alpha value is -2.22. The summed E-state index contributed by atoms with van der Waals surface area (Å²) in [6.45, 7) is 1.80. The van der Waals surface area contributed by atoms with Gasteiger partial charge < -0.3 is 11.1 Å². The Morgan fingerprint density at radius 2 is 1.72 bits per heavy atom. The molecule has 2 aromatic rings. The van der Waals surface area contributed by atoms with E-state index < -0.39 is 10.0 Å². The van der Waals surface area contributed by atoms with Gasteiger partial charge >= 0.3 is 0 Å². The molecule has 2 atom stereocenters. The Morgan fingerprint density at radius 3 is 2.36 bits per heavy atom. The minimum Gasteiger partial charge on any atom is -0.350 e. The van der Waals surface area contributed by atoms with Gasteiger partial charge in [-0.1, -0.05) is 42.5 Å². The van der Waals surface area contributed by atoms with Crippen molar-refractivity contribution in [2.45, 2.75) is 30.3 Å². The molecule has 0 spiro atoms. The lowest BCUT2D eigenvalue weighted by molar-refractivity contribution is -0.122. The van der Waals surface area contributed by atoms with E-state index in [2.05, 4.69) is 10.0 Å². The molecule has 0 aromatic heterocycles. The topological polar surface area (TPSA) is 101 Å². The average Bonchev–Trinajstić information content (AvgIpc) is 2.62. The molecule has 0 heterocycles. The monoisotopic (exact) mass is 361 g/mol. The molecule has 0 saturated carbocycles. The van der Waals surface area contributed by atoms with E-state index in [0.29, 0.717) is 5.56 Å². The van der Waals surface area contributed by atoms with Crippen LogP contribution in [0.25, 0.3) is 0 Å². The molecular formula is C18H23N3O3S. The number of amides is 1. The van der Waals surface area contributed by atoms with E-state index in [9.17, 15) is 13.2 Å². The summed E-state index contributed by atoms with van der Waals surface area (Å²) >= 11 is 0. The van der Waals surface area contributed by atoms with Crippen LogP contribution in [0.3, 0.4) is 0 Å². The van der Waals surface area contributed by atoms with E-state index in [-0.39, 0.29) is 29.3 Å². The first kappa shape index (κ1) is 19.1. The van der Waals surface area contributed by atoms with Crippen molar-refractivity contribution < 1.29 is 13.2 Å². The number of benzene rings is 2. The molecule has 0 radical (unpaired) electrons. The third kappa shape index (κ3) is 5.12. The highest BCUT2D eigenvalue weighted by Crippen LogP contribution is 2.19. The molecule has 2 rings (SSSR count). The Labute approximate surface area is 148 Å². The third-order valence-corrected chi connectivity index (χ3v) is 5.36. The van der Waals surface area contributed by atoms with Crippen LogP contribution in [-0.2, 0) is 14.8 Å². The lowest BCUT2D eigenvalue weighted by Gasteiger charge is -2.17. The van der Waals surface area contributed by atoms with Crippen molar-refractivity contribution in [3.8, 4) is 0 Å². The maximum Gasteiger partial charge on any atom is 0.240 e. The number of hydrogen-bond acceptors (Lipinski definition) is 4. The highest BCUT2D eigenvalue weighted by atomic mass is 32.2. The minimum atomic E-state index is -3.52.